The SMILES string of the molecule is C=C1CCC[C@]2(C)C[C@H]3OC(=O)[C@@H](CN4CCN(c5ccc(OC)cc5)CC4)[C@H]3C[C@@H]12. The molecule has 0 bridgehead atoms. The van der Waals surface area contributed by atoms with Gasteiger partial charge in [-0.1, -0.05) is 19.1 Å². The van der Waals surface area contributed by atoms with Gasteiger partial charge in [-0.2, -0.15) is 0 Å². The number of esters is 1. The van der Waals surface area contributed by atoms with Gasteiger partial charge >= 0.3 is 5.97 Å². The summed E-state index contributed by atoms with van der Waals surface area (Å²) in [6, 6.07) is 8.30. The fraction of sp³-hybridized carbons (Fsp3) is 0.654. The Balaban J connectivity index is 1.21. The molecule has 5 rings (SSSR count). The first kappa shape index (κ1) is 20.9. The zero-order chi connectivity index (χ0) is 21.6. The van der Waals surface area contributed by atoms with Crippen molar-refractivity contribution in [1.29, 1.82) is 0 Å². The molecule has 31 heavy (non-hydrogen) atoms. The number of hydrogen-bond donors (Lipinski definition) is 0. The Morgan fingerprint density at radius 3 is 2.65 bits per heavy atom. The number of benzene rings is 1. The molecule has 0 amide bonds. The van der Waals surface area contributed by atoms with Crippen LogP contribution in [0.2, 0.25) is 0 Å². The second-order valence-corrected chi connectivity index (χ2v) is 10.4. The summed E-state index contributed by atoms with van der Waals surface area (Å²) in [6.07, 6.45) is 5.86. The van der Waals surface area contributed by atoms with Crippen molar-refractivity contribution in [1.82, 2.24) is 4.90 Å². The number of rotatable bonds is 4. The number of fused-ring (bicyclic) bond motifs is 2. The maximum Gasteiger partial charge on any atom is 0.310 e. The van der Waals surface area contributed by atoms with Crippen molar-refractivity contribution in [3.8, 4) is 5.75 Å². The minimum atomic E-state index is 0.0248. The Labute approximate surface area is 186 Å². The van der Waals surface area contributed by atoms with Crippen molar-refractivity contribution in [3.05, 3.63) is 36.4 Å². The van der Waals surface area contributed by atoms with Crippen LogP contribution in [0.3, 0.4) is 0 Å². The number of methoxy groups -OCH3 is 1. The van der Waals surface area contributed by atoms with E-state index in [-0.39, 0.29) is 23.4 Å². The highest BCUT2D eigenvalue weighted by molar-refractivity contribution is 5.75. The number of hydrogen-bond acceptors (Lipinski definition) is 5. The number of carbonyl (C=O) groups is 1. The van der Waals surface area contributed by atoms with Crippen molar-refractivity contribution in [3.63, 3.8) is 0 Å². The molecule has 4 aliphatic rings. The predicted octanol–water partition coefficient (Wildman–Crippen LogP) is 4.13. The zero-order valence-corrected chi connectivity index (χ0v) is 19.0. The first-order valence-corrected chi connectivity index (χ1v) is 12.0. The highest BCUT2D eigenvalue weighted by Gasteiger charge is 2.55. The molecule has 5 nitrogen and oxygen atoms in total. The molecule has 168 valence electrons. The minimum Gasteiger partial charge on any atom is -0.497 e. The summed E-state index contributed by atoms with van der Waals surface area (Å²) in [5.74, 6) is 1.88. The van der Waals surface area contributed by atoms with Crippen molar-refractivity contribution < 1.29 is 14.3 Å². The van der Waals surface area contributed by atoms with Crippen molar-refractivity contribution in [2.45, 2.75) is 45.1 Å². The summed E-state index contributed by atoms with van der Waals surface area (Å²) in [6.45, 7) is 11.6. The lowest BCUT2D eigenvalue weighted by Crippen LogP contribution is -2.50. The van der Waals surface area contributed by atoms with Gasteiger partial charge in [-0.15, -0.1) is 0 Å². The molecule has 0 spiro atoms. The molecule has 4 fully saturated rings. The Bertz CT molecular complexity index is 830. The first-order chi connectivity index (χ1) is 15.0. The fourth-order valence-corrected chi connectivity index (χ4v) is 6.72. The van der Waals surface area contributed by atoms with E-state index in [4.69, 9.17) is 9.47 Å². The Kier molecular flexibility index (Phi) is 5.49. The highest BCUT2D eigenvalue weighted by Crippen LogP contribution is 2.56. The lowest BCUT2D eigenvalue weighted by molar-refractivity contribution is -0.146. The van der Waals surface area contributed by atoms with Crippen LogP contribution >= 0.6 is 0 Å². The molecular formula is C26H36N2O3. The monoisotopic (exact) mass is 424 g/mol. The van der Waals surface area contributed by atoms with E-state index in [2.05, 4.69) is 35.4 Å². The van der Waals surface area contributed by atoms with Gasteiger partial charge in [0.05, 0.1) is 13.0 Å². The number of ether oxygens (including phenoxy) is 2. The summed E-state index contributed by atoms with van der Waals surface area (Å²) >= 11 is 0. The summed E-state index contributed by atoms with van der Waals surface area (Å²) in [7, 11) is 1.70. The Morgan fingerprint density at radius 2 is 1.94 bits per heavy atom. The minimum absolute atomic E-state index is 0.0248. The molecule has 5 heteroatoms. The van der Waals surface area contributed by atoms with Crippen LogP contribution in [0.25, 0.3) is 0 Å². The topological polar surface area (TPSA) is 42.0 Å². The fourth-order valence-electron chi connectivity index (χ4n) is 6.72. The second-order valence-electron chi connectivity index (χ2n) is 10.4. The van der Waals surface area contributed by atoms with E-state index in [1.807, 2.05) is 12.1 Å². The molecule has 0 N–H and O–H groups in total. The third-order valence-corrected chi connectivity index (χ3v) is 8.58. The van der Waals surface area contributed by atoms with Gasteiger partial charge in [-0.05, 0) is 67.7 Å². The third kappa shape index (κ3) is 3.86. The van der Waals surface area contributed by atoms with Crippen LogP contribution in [0.15, 0.2) is 36.4 Å². The molecule has 2 aliphatic carbocycles. The third-order valence-electron chi connectivity index (χ3n) is 8.58. The van der Waals surface area contributed by atoms with Crippen LogP contribution in [-0.2, 0) is 9.53 Å². The number of anilines is 1. The van der Waals surface area contributed by atoms with E-state index in [9.17, 15) is 4.79 Å². The summed E-state index contributed by atoms with van der Waals surface area (Å²) in [4.78, 5) is 17.7. The van der Waals surface area contributed by atoms with Crippen LogP contribution in [0.4, 0.5) is 5.69 Å². The molecule has 0 radical (unpaired) electrons. The maximum absolute atomic E-state index is 12.9. The number of carbonyl (C=O) groups excluding carboxylic acids is 1. The van der Waals surface area contributed by atoms with Gasteiger partial charge in [-0.3, -0.25) is 9.69 Å². The molecule has 5 atom stereocenters. The molecule has 1 aromatic carbocycles. The quantitative estimate of drug-likeness (QED) is 0.537. The van der Waals surface area contributed by atoms with Crippen LogP contribution in [0, 0.1) is 23.2 Å². The Hall–Kier alpha value is -2.01. The summed E-state index contributed by atoms with van der Waals surface area (Å²) < 4.78 is 11.2. The summed E-state index contributed by atoms with van der Waals surface area (Å²) in [5.41, 5.74) is 2.93. The van der Waals surface area contributed by atoms with Gasteiger partial charge in [0.25, 0.3) is 0 Å². The van der Waals surface area contributed by atoms with Gasteiger partial charge < -0.3 is 14.4 Å². The molecular weight excluding hydrogens is 388 g/mol. The Morgan fingerprint density at radius 1 is 1.19 bits per heavy atom. The van der Waals surface area contributed by atoms with Crippen molar-refractivity contribution >= 4 is 11.7 Å². The number of nitrogens with zero attached hydrogens (tertiary/aromatic N) is 2. The van der Waals surface area contributed by atoms with E-state index in [0.29, 0.717) is 11.8 Å². The van der Waals surface area contributed by atoms with Gasteiger partial charge in [0, 0.05) is 44.3 Å². The average Bonchev–Trinajstić information content (AvgIpc) is 3.06. The average molecular weight is 425 g/mol. The van der Waals surface area contributed by atoms with E-state index < -0.39 is 0 Å². The lowest BCUT2D eigenvalue weighted by atomic mass is 9.55. The normalized spacial score (nSPS) is 36.0. The zero-order valence-electron chi connectivity index (χ0n) is 19.0. The molecule has 1 aromatic rings. The maximum atomic E-state index is 12.9. The van der Waals surface area contributed by atoms with Crippen molar-refractivity contribution in [2.75, 3.05) is 44.7 Å². The van der Waals surface area contributed by atoms with Crippen molar-refractivity contribution in [2.24, 2.45) is 23.2 Å². The molecule has 0 aromatic heterocycles. The largest absolute Gasteiger partial charge is 0.497 e. The molecule has 2 aliphatic heterocycles. The van der Waals surface area contributed by atoms with E-state index in [0.717, 1.165) is 57.7 Å². The number of piperazine rings is 1. The smallest absolute Gasteiger partial charge is 0.310 e. The standard InChI is InChI=1S/C26H36N2O3/c1-18-5-4-10-26(2)16-24-21(15-23(18)26)22(25(29)31-24)17-27-11-13-28(14-12-27)19-6-8-20(30-3)9-7-19/h6-9,21-24H,1,4-5,10-17H2,2-3H3/t21-,22+,23+,24-,26-/m1/s1. The van der Waals surface area contributed by atoms with E-state index in [1.54, 1.807) is 7.11 Å². The molecule has 2 heterocycles. The molecule has 0 unspecified atom stereocenters. The number of allylic oxidation sites excluding steroid dienone is 1. The highest BCUT2D eigenvalue weighted by atomic mass is 16.6. The lowest BCUT2D eigenvalue weighted by Gasteiger charge is -2.50. The van der Waals surface area contributed by atoms with Crippen LogP contribution in [0.1, 0.15) is 39.0 Å². The van der Waals surface area contributed by atoms with Gasteiger partial charge in [0.1, 0.15) is 11.9 Å². The summed E-state index contributed by atoms with van der Waals surface area (Å²) in [5, 5.41) is 0. The molecule has 2 saturated heterocycles. The van der Waals surface area contributed by atoms with Crippen LogP contribution in [-0.4, -0.2) is 56.8 Å². The van der Waals surface area contributed by atoms with Crippen LogP contribution in [0.5, 0.6) is 5.75 Å². The molecule has 2 saturated carbocycles. The predicted molar refractivity (Wildman–Crippen MR) is 122 cm³/mol. The van der Waals surface area contributed by atoms with Crippen LogP contribution < -0.4 is 9.64 Å². The van der Waals surface area contributed by atoms with E-state index >= 15 is 0 Å². The second kappa shape index (κ2) is 8.16. The van der Waals surface area contributed by atoms with E-state index in [1.165, 1.54) is 24.1 Å². The van der Waals surface area contributed by atoms with Gasteiger partial charge in [0.2, 0.25) is 0 Å². The van der Waals surface area contributed by atoms with Gasteiger partial charge in [0.15, 0.2) is 0 Å². The first-order valence-electron chi connectivity index (χ1n) is 12.0. The van der Waals surface area contributed by atoms with Gasteiger partial charge in [-0.25, -0.2) is 0 Å².